The van der Waals surface area contributed by atoms with Crippen LogP contribution in [0.4, 0.5) is 4.39 Å². The highest BCUT2D eigenvalue weighted by atomic mass is 32.1. The average molecular weight is 1010 g/mol. The normalized spacial score (nSPS) is 25.3. The van der Waals surface area contributed by atoms with Crippen LogP contribution in [-0.2, 0) is 40.9 Å². The van der Waals surface area contributed by atoms with Crippen LogP contribution in [0.3, 0.4) is 0 Å². The number of H-pyrrole nitrogens is 1. The van der Waals surface area contributed by atoms with Gasteiger partial charge in [-0.15, -0.1) is 21.5 Å². The molecule has 73 heavy (non-hydrogen) atoms. The SMILES string of the molecule is Cc1sc(CN2CCCC2c2nnc3n2CCCCC3)nc1C12CC(C1)C(C(=O)N1CCC(CN3CCN(CC(=O)N4CCN(C(=O)c5cc(Cc6n[nH]c(=O)c7ccccc67)ccc5F)CC4)CC3)CC1)C2. The second-order valence-corrected chi connectivity index (χ2v) is 23.7. The minimum absolute atomic E-state index is 0.00653. The molecule has 2 unspecified atom stereocenters. The summed E-state index contributed by atoms with van der Waals surface area (Å²) in [6, 6.07) is 12.0. The molecule has 16 nitrogen and oxygen atoms in total. The molecule has 18 heteroatoms. The Morgan fingerprint density at radius 3 is 2.37 bits per heavy atom. The molecule has 0 radical (unpaired) electrons. The van der Waals surface area contributed by atoms with E-state index in [1.54, 1.807) is 29.2 Å². The number of carbonyl (C=O) groups excluding carboxylic acids is 3. The molecule has 7 fully saturated rings. The van der Waals surface area contributed by atoms with Crippen LogP contribution >= 0.6 is 11.3 Å². The number of rotatable bonds is 12. The Labute approximate surface area is 430 Å². The third-order valence-electron chi connectivity index (χ3n) is 17.9. The summed E-state index contributed by atoms with van der Waals surface area (Å²) in [7, 11) is 0. The summed E-state index contributed by atoms with van der Waals surface area (Å²) < 4.78 is 17.5. The van der Waals surface area contributed by atoms with E-state index in [1.807, 2.05) is 28.4 Å². The first-order chi connectivity index (χ1) is 35.6. The summed E-state index contributed by atoms with van der Waals surface area (Å²) in [5.74, 6) is 2.92. The van der Waals surface area contributed by atoms with E-state index in [9.17, 15) is 19.2 Å². The zero-order valence-corrected chi connectivity index (χ0v) is 43.1. The van der Waals surface area contributed by atoms with Gasteiger partial charge >= 0.3 is 0 Å². The standard InChI is InChI=1S/C55H69FN12O4S/c1-36-50(57-48(73-36)34-67-16-7-10-46(67)51-60-59-47-11-3-2-6-17-68(47)51)55-30-39(31-55)43(32-55)54(72)65-18-14-37(15-19-65)33-62-20-22-63(23-21-62)35-49(69)64-24-26-66(27-25-64)53(71)42-28-38(12-13-44(42)56)29-45-40-8-4-5-9-41(40)52(70)61-58-45/h4-5,8-9,12-13,28,37,39,43,46H,2-3,6-7,10-11,14-27,29-35H2,1H3,(H,61,70). The molecule has 5 aromatic rings. The van der Waals surface area contributed by atoms with Crippen molar-refractivity contribution in [2.75, 3.05) is 85.1 Å². The Balaban J connectivity index is 0.565. The number of piperidine rings is 1. The lowest BCUT2D eigenvalue weighted by atomic mass is 9.67. The minimum atomic E-state index is -0.591. The average Bonchev–Trinajstić information content (AvgIpc) is 4.24. The van der Waals surface area contributed by atoms with Crippen LogP contribution in [0.2, 0.25) is 0 Å². The van der Waals surface area contributed by atoms with E-state index < -0.39 is 11.7 Å². The molecule has 2 atom stereocenters. The Kier molecular flexibility index (Phi) is 13.5. The molecular formula is C55H69FN12O4S. The molecule has 3 aliphatic carbocycles. The van der Waals surface area contributed by atoms with Crippen molar-refractivity contribution >= 4 is 39.8 Å². The van der Waals surface area contributed by atoms with Gasteiger partial charge in [0.2, 0.25) is 11.8 Å². The summed E-state index contributed by atoms with van der Waals surface area (Å²) >= 11 is 1.86. The fourth-order valence-electron chi connectivity index (χ4n) is 13.8. The van der Waals surface area contributed by atoms with Crippen LogP contribution in [0.5, 0.6) is 0 Å². The van der Waals surface area contributed by atoms with Gasteiger partial charge in [0.15, 0.2) is 0 Å². The van der Waals surface area contributed by atoms with Crippen LogP contribution in [0.25, 0.3) is 10.8 Å². The van der Waals surface area contributed by atoms with Crippen LogP contribution in [-0.4, -0.2) is 162 Å². The third kappa shape index (κ3) is 9.65. The van der Waals surface area contributed by atoms with Gasteiger partial charge in [-0.2, -0.15) is 5.10 Å². The Morgan fingerprint density at radius 2 is 1.56 bits per heavy atom. The van der Waals surface area contributed by atoms with Crippen molar-refractivity contribution in [2.45, 2.75) is 109 Å². The van der Waals surface area contributed by atoms with Gasteiger partial charge in [-0.1, -0.05) is 30.7 Å². The van der Waals surface area contributed by atoms with Gasteiger partial charge < -0.3 is 24.2 Å². The van der Waals surface area contributed by atoms with Crippen molar-refractivity contribution in [3.8, 4) is 0 Å². The summed E-state index contributed by atoms with van der Waals surface area (Å²) in [5.41, 5.74) is 2.39. The lowest BCUT2D eigenvalue weighted by Crippen LogP contribution is -2.55. The number of fused-ring (bicyclic) bond motifs is 3. The molecule has 1 N–H and O–H groups in total. The molecule has 13 rings (SSSR count). The smallest absolute Gasteiger partial charge is 0.272 e. The maximum absolute atomic E-state index is 15.1. The fraction of sp³-hybridized carbons (Fsp3) is 0.600. The first-order valence-electron chi connectivity index (χ1n) is 27.2. The minimum Gasteiger partial charge on any atom is -0.342 e. The topological polar surface area (TPSA) is 160 Å². The Bertz CT molecular complexity index is 2930. The zero-order valence-electron chi connectivity index (χ0n) is 42.3. The second-order valence-electron chi connectivity index (χ2n) is 22.4. The van der Waals surface area contributed by atoms with E-state index in [2.05, 4.69) is 46.4 Å². The molecule has 386 valence electrons. The number of thiazole rings is 1. The quantitative estimate of drug-likeness (QED) is 0.166. The van der Waals surface area contributed by atoms with Crippen LogP contribution in [0.15, 0.2) is 47.3 Å². The number of nitrogens with one attached hydrogen (secondary N) is 1. The van der Waals surface area contributed by atoms with Crippen molar-refractivity contribution in [3.63, 3.8) is 0 Å². The predicted octanol–water partition coefficient (Wildman–Crippen LogP) is 5.58. The van der Waals surface area contributed by atoms with Crippen LogP contribution in [0.1, 0.15) is 119 Å². The first-order valence-corrected chi connectivity index (χ1v) is 28.1. The van der Waals surface area contributed by atoms with E-state index in [0.29, 0.717) is 85.0 Å². The lowest BCUT2D eigenvalue weighted by Gasteiger charge is -2.40. The highest BCUT2D eigenvalue weighted by molar-refractivity contribution is 7.11. The summed E-state index contributed by atoms with van der Waals surface area (Å²) in [6.45, 7) is 13.3. The summed E-state index contributed by atoms with van der Waals surface area (Å²) in [6.07, 6.45) is 12.5. The van der Waals surface area contributed by atoms with Gasteiger partial charge in [0, 0.05) is 113 Å². The number of likely N-dealkylation sites (tertiary alicyclic amines) is 2. The monoisotopic (exact) mass is 1010 g/mol. The molecule has 2 aromatic carbocycles. The van der Waals surface area contributed by atoms with Gasteiger partial charge in [-0.05, 0) is 107 Å². The van der Waals surface area contributed by atoms with Crippen molar-refractivity contribution in [1.82, 2.24) is 59.3 Å². The molecular weight excluding hydrogens is 944 g/mol. The fourth-order valence-corrected chi connectivity index (χ4v) is 14.9. The summed E-state index contributed by atoms with van der Waals surface area (Å²) in [4.78, 5) is 73.3. The van der Waals surface area contributed by atoms with Crippen molar-refractivity contribution in [2.24, 2.45) is 17.8 Å². The molecule has 2 bridgehead atoms. The number of halogens is 1. The third-order valence-corrected chi connectivity index (χ3v) is 18.8. The highest BCUT2D eigenvalue weighted by Gasteiger charge is 2.61. The van der Waals surface area contributed by atoms with Gasteiger partial charge in [-0.3, -0.25) is 29.0 Å². The number of aromatic nitrogens is 6. The second kappa shape index (κ2) is 20.4. The zero-order chi connectivity index (χ0) is 49.8. The molecule has 4 saturated heterocycles. The number of hydrogen-bond acceptors (Lipinski definition) is 12. The number of nitrogens with zero attached hydrogens (tertiary/aromatic N) is 11. The van der Waals surface area contributed by atoms with Gasteiger partial charge in [-0.25, -0.2) is 14.5 Å². The molecule has 5 aliphatic heterocycles. The number of carbonyl (C=O) groups is 3. The molecule has 8 aliphatic rings. The van der Waals surface area contributed by atoms with E-state index in [0.717, 1.165) is 122 Å². The van der Waals surface area contributed by atoms with Crippen LogP contribution < -0.4 is 5.56 Å². The van der Waals surface area contributed by atoms with Crippen molar-refractivity contribution in [3.05, 3.63) is 103 Å². The van der Waals surface area contributed by atoms with Gasteiger partial charge in [0.1, 0.15) is 22.5 Å². The number of aromatic amines is 1. The largest absolute Gasteiger partial charge is 0.342 e. The number of amides is 3. The maximum atomic E-state index is 15.1. The van der Waals surface area contributed by atoms with Crippen molar-refractivity contribution < 1.29 is 18.8 Å². The van der Waals surface area contributed by atoms with E-state index in [1.165, 1.54) is 47.3 Å². The number of piperazine rings is 2. The molecule has 0 spiro atoms. The van der Waals surface area contributed by atoms with Crippen molar-refractivity contribution in [1.29, 1.82) is 0 Å². The number of benzene rings is 2. The number of aryl methyl sites for hydroxylation is 2. The molecule has 3 aromatic heterocycles. The molecule has 3 amide bonds. The van der Waals surface area contributed by atoms with Gasteiger partial charge in [0.05, 0.1) is 41.5 Å². The molecule has 8 heterocycles. The van der Waals surface area contributed by atoms with Gasteiger partial charge in [0.25, 0.3) is 11.5 Å². The summed E-state index contributed by atoms with van der Waals surface area (Å²) in [5, 5.41) is 18.6. The highest BCUT2D eigenvalue weighted by Crippen LogP contribution is 2.63. The first kappa shape index (κ1) is 48.5. The van der Waals surface area contributed by atoms with E-state index in [4.69, 9.17) is 10.1 Å². The van der Waals surface area contributed by atoms with Crippen LogP contribution in [0, 0.1) is 30.5 Å². The molecule has 3 saturated carbocycles. The maximum Gasteiger partial charge on any atom is 0.272 e. The Hall–Kier alpha value is -5.43. The predicted molar refractivity (Wildman–Crippen MR) is 276 cm³/mol. The number of hydrogen-bond donors (Lipinski definition) is 1. The Morgan fingerprint density at radius 1 is 0.795 bits per heavy atom. The van der Waals surface area contributed by atoms with E-state index >= 15 is 4.39 Å². The lowest BCUT2D eigenvalue weighted by molar-refractivity contribution is -0.138. The van der Waals surface area contributed by atoms with E-state index in [-0.39, 0.29) is 28.4 Å².